The van der Waals surface area contributed by atoms with Crippen molar-refractivity contribution in [1.82, 2.24) is 20.3 Å². The Balaban J connectivity index is 1.67. The number of aromatic carboxylic acids is 1. The minimum Gasteiger partial charge on any atom is -0.478 e. The molecule has 108 valence electrons. The number of carboxylic acids is 1. The highest BCUT2D eigenvalue weighted by Gasteiger charge is 2.21. The highest BCUT2D eigenvalue weighted by molar-refractivity contribution is 6.02. The van der Waals surface area contributed by atoms with Gasteiger partial charge in [0, 0.05) is 18.8 Å². The average Bonchev–Trinajstić information content (AvgIpc) is 2.86. The second-order valence-electron chi connectivity index (χ2n) is 4.73. The van der Waals surface area contributed by atoms with Gasteiger partial charge in [-0.25, -0.2) is 9.48 Å². The lowest BCUT2D eigenvalue weighted by Gasteiger charge is -2.26. The van der Waals surface area contributed by atoms with E-state index < -0.39 is 5.97 Å². The van der Waals surface area contributed by atoms with Gasteiger partial charge in [0.1, 0.15) is 0 Å². The maximum atomic E-state index is 12.0. The molecule has 0 unspecified atom stereocenters. The fourth-order valence-corrected chi connectivity index (χ4v) is 1.91. The molecule has 0 aliphatic carbocycles. The smallest absolute Gasteiger partial charge is 0.335 e. The number of hydrogen-bond donors (Lipinski definition) is 3. The van der Waals surface area contributed by atoms with E-state index in [0.29, 0.717) is 5.69 Å². The lowest BCUT2D eigenvalue weighted by molar-refractivity contribution is 0.0696. The third kappa shape index (κ3) is 2.75. The van der Waals surface area contributed by atoms with Gasteiger partial charge in [-0.15, -0.1) is 5.10 Å². The number of carbonyl (C=O) groups is 2. The van der Waals surface area contributed by atoms with Gasteiger partial charge in [-0.05, 0) is 24.3 Å². The molecular weight excluding hydrogens is 274 g/mol. The summed E-state index contributed by atoms with van der Waals surface area (Å²) in [6.07, 6.45) is 1.60. The van der Waals surface area contributed by atoms with Crippen molar-refractivity contribution in [3.8, 4) is 0 Å². The molecule has 0 bridgehead atoms. The molecule has 1 aromatic carbocycles. The molecule has 0 radical (unpaired) electrons. The number of nitrogens with zero attached hydrogens (tertiary/aromatic N) is 3. The molecule has 1 saturated heterocycles. The Labute approximate surface area is 119 Å². The van der Waals surface area contributed by atoms with Crippen molar-refractivity contribution >= 4 is 17.6 Å². The first-order chi connectivity index (χ1) is 10.1. The molecule has 2 aromatic rings. The van der Waals surface area contributed by atoms with Crippen LogP contribution in [0.1, 0.15) is 26.9 Å². The van der Waals surface area contributed by atoms with Crippen LogP contribution >= 0.6 is 0 Å². The highest BCUT2D eigenvalue weighted by atomic mass is 16.4. The van der Waals surface area contributed by atoms with Crippen LogP contribution in [-0.2, 0) is 0 Å². The molecule has 3 N–H and O–H groups in total. The molecule has 0 atom stereocenters. The zero-order chi connectivity index (χ0) is 14.8. The largest absolute Gasteiger partial charge is 0.478 e. The lowest BCUT2D eigenvalue weighted by Crippen LogP contribution is -2.43. The standard InChI is InChI=1S/C13H13N5O3/c19-12(11-7-18(17-16-11)10-5-14-6-10)15-9-3-1-8(2-4-9)13(20)21/h1-4,7,10,14H,5-6H2,(H,15,19)(H,20,21). The number of rotatable bonds is 4. The summed E-state index contributed by atoms with van der Waals surface area (Å²) in [5.74, 6) is -1.39. The van der Waals surface area contributed by atoms with Gasteiger partial charge in [-0.2, -0.15) is 0 Å². The van der Waals surface area contributed by atoms with Crippen molar-refractivity contribution in [2.24, 2.45) is 0 Å². The quantitative estimate of drug-likeness (QED) is 0.749. The van der Waals surface area contributed by atoms with Gasteiger partial charge in [0.05, 0.1) is 17.8 Å². The van der Waals surface area contributed by atoms with E-state index in [2.05, 4.69) is 20.9 Å². The van der Waals surface area contributed by atoms with Crippen LogP contribution in [0.2, 0.25) is 0 Å². The topological polar surface area (TPSA) is 109 Å². The molecular formula is C13H13N5O3. The highest BCUT2D eigenvalue weighted by Crippen LogP contribution is 2.13. The van der Waals surface area contributed by atoms with Crippen LogP contribution in [0.3, 0.4) is 0 Å². The van der Waals surface area contributed by atoms with E-state index in [9.17, 15) is 9.59 Å². The van der Waals surface area contributed by atoms with Crippen LogP contribution in [0.25, 0.3) is 0 Å². The first kappa shape index (κ1) is 13.3. The third-order valence-corrected chi connectivity index (χ3v) is 3.27. The van der Waals surface area contributed by atoms with E-state index in [0.717, 1.165) is 13.1 Å². The number of nitrogens with one attached hydrogen (secondary N) is 2. The second-order valence-corrected chi connectivity index (χ2v) is 4.73. The molecule has 8 heteroatoms. The predicted octanol–water partition coefficient (Wildman–Crippen LogP) is 0.373. The Morgan fingerprint density at radius 2 is 2.00 bits per heavy atom. The van der Waals surface area contributed by atoms with Gasteiger partial charge >= 0.3 is 5.97 Å². The van der Waals surface area contributed by atoms with E-state index in [-0.39, 0.29) is 23.2 Å². The van der Waals surface area contributed by atoms with Gasteiger partial charge in [0.25, 0.3) is 5.91 Å². The molecule has 21 heavy (non-hydrogen) atoms. The molecule has 2 heterocycles. The van der Waals surface area contributed by atoms with E-state index >= 15 is 0 Å². The summed E-state index contributed by atoms with van der Waals surface area (Å²) >= 11 is 0. The van der Waals surface area contributed by atoms with E-state index in [1.165, 1.54) is 24.3 Å². The van der Waals surface area contributed by atoms with E-state index in [1.807, 2.05) is 0 Å². The summed E-state index contributed by atoms with van der Waals surface area (Å²) in [6, 6.07) is 6.15. The molecule has 1 fully saturated rings. The zero-order valence-electron chi connectivity index (χ0n) is 11.0. The van der Waals surface area contributed by atoms with Gasteiger partial charge in [-0.1, -0.05) is 5.21 Å². The molecule has 0 saturated carbocycles. The van der Waals surface area contributed by atoms with Crippen LogP contribution in [0.15, 0.2) is 30.5 Å². The van der Waals surface area contributed by atoms with Gasteiger partial charge in [-0.3, -0.25) is 4.79 Å². The minimum atomic E-state index is -1.01. The Kier molecular flexibility index (Phi) is 3.36. The number of aromatic nitrogens is 3. The molecule has 1 aliphatic heterocycles. The Hall–Kier alpha value is -2.74. The molecule has 1 amide bonds. The van der Waals surface area contributed by atoms with Crippen LogP contribution < -0.4 is 10.6 Å². The molecule has 1 aliphatic rings. The SMILES string of the molecule is O=C(O)c1ccc(NC(=O)c2cn(C3CNC3)nn2)cc1. The van der Waals surface area contributed by atoms with Crippen LogP contribution in [0.5, 0.6) is 0 Å². The van der Waals surface area contributed by atoms with Crippen LogP contribution in [-0.4, -0.2) is 45.1 Å². The van der Waals surface area contributed by atoms with E-state index in [1.54, 1.807) is 10.9 Å². The number of carbonyl (C=O) groups excluding carboxylic acids is 1. The fourth-order valence-electron chi connectivity index (χ4n) is 1.91. The Bertz CT molecular complexity index is 675. The number of benzene rings is 1. The number of amides is 1. The van der Waals surface area contributed by atoms with Crippen molar-refractivity contribution < 1.29 is 14.7 Å². The molecule has 3 rings (SSSR count). The van der Waals surface area contributed by atoms with Crippen molar-refractivity contribution in [2.75, 3.05) is 18.4 Å². The molecule has 1 aromatic heterocycles. The summed E-state index contributed by atoms with van der Waals surface area (Å²) in [7, 11) is 0. The monoisotopic (exact) mass is 287 g/mol. The maximum absolute atomic E-state index is 12.0. The molecule has 8 nitrogen and oxygen atoms in total. The summed E-state index contributed by atoms with van der Waals surface area (Å²) in [4.78, 5) is 22.8. The summed E-state index contributed by atoms with van der Waals surface area (Å²) < 4.78 is 1.67. The Morgan fingerprint density at radius 3 is 2.57 bits per heavy atom. The van der Waals surface area contributed by atoms with Gasteiger partial charge < -0.3 is 15.7 Å². The number of hydrogen-bond acceptors (Lipinski definition) is 5. The zero-order valence-corrected chi connectivity index (χ0v) is 11.0. The maximum Gasteiger partial charge on any atom is 0.335 e. The van der Waals surface area contributed by atoms with Gasteiger partial charge in [0.15, 0.2) is 5.69 Å². The lowest BCUT2D eigenvalue weighted by atomic mass is 10.2. The Morgan fingerprint density at radius 1 is 1.29 bits per heavy atom. The van der Waals surface area contributed by atoms with Crippen LogP contribution in [0.4, 0.5) is 5.69 Å². The van der Waals surface area contributed by atoms with Crippen molar-refractivity contribution in [3.63, 3.8) is 0 Å². The minimum absolute atomic E-state index is 0.163. The first-order valence-corrected chi connectivity index (χ1v) is 6.41. The predicted molar refractivity (Wildman–Crippen MR) is 73.3 cm³/mol. The molecule has 0 spiro atoms. The van der Waals surface area contributed by atoms with Crippen LogP contribution in [0, 0.1) is 0 Å². The van der Waals surface area contributed by atoms with Gasteiger partial charge in [0.2, 0.25) is 0 Å². The summed E-state index contributed by atoms with van der Waals surface area (Å²) in [5, 5.41) is 22.3. The normalized spacial score (nSPS) is 14.5. The fraction of sp³-hybridized carbons (Fsp3) is 0.231. The third-order valence-electron chi connectivity index (χ3n) is 3.27. The van der Waals surface area contributed by atoms with E-state index in [4.69, 9.17) is 5.11 Å². The first-order valence-electron chi connectivity index (χ1n) is 6.41. The average molecular weight is 287 g/mol. The second kappa shape index (κ2) is 5.33. The van der Waals surface area contributed by atoms with Crippen molar-refractivity contribution in [2.45, 2.75) is 6.04 Å². The van der Waals surface area contributed by atoms with Crippen molar-refractivity contribution in [1.29, 1.82) is 0 Å². The number of carboxylic acid groups (broad SMARTS) is 1. The number of anilines is 1. The van der Waals surface area contributed by atoms with Crippen molar-refractivity contribution in [3.05, 3.63) is 41.7 Å². The summed E-state index contributed by atoms with van der Waals surface area (Å²) in [6.45, 7) is 1.64. The summed E-state index contributed by atoms with van der Waals surface area (Å²) in [5.41, 5.74) is 0.894.